The lowest BCUT2D eigenvalue weighted by Gasteiger charge is -2.18. The molecule has 5 nitrogen and oxygen atoms in total. The Morgan fingerprint density at radius 2 is 1.46 bits per heavy atom. The van der Waals surface area contributed by atoms with E-state index in [1.54, 1.807) is 60.5 Å². The highest BCUT2D eigenvalue weighted by Gasteiger charge is 2.12. The molecule has 0 bridgehead atoms. The molecule has 0 fully saturated rings. The zero-order valence-electron chi connectivity index (χ0n) is 14.2. The van der Waals surface area contributed by atoms with Gasteiger partial charge in [0.1, 0.15) is 5.75 Å². The summed E-state index contributed by atoms with van der Waals surface area (Å²) in [4.78, 5) is 26.2. The molecule has 0 atom stereocenters. The second-order valence-electron chi connectivity index (χ2n) is 5.24. The number of nitrogens with one attached hydrogen (secondary N) is 1. The van der Waals surface area contributed by atoms with Gasteiger partial charge in [-0.15, -0.1) is 0 Å². The predicted molar refractivity (Wildman–Crippen MR) is 94.6 cm³/mol. The number of carbonyl (C=O) groups excluding carboxylic acids is 2. The smallest absolute Gasteiger partial charge is 0.255 e. The predicted octanol–water partition coefficient (Wildman–Crippen LogP) is 3.43. The standard InChI is InChI=1S/C19H22N2O3/c1-4-21(5-2)19(23)15-6-10-16(11-7-15)20-18(22)14-8-12-17(24-3)13-9-14/h6-13H,4-5H2,1-3H3,(H,20,22). The monoisotopic (exact) mass is 326 g/mol. The third-order valence-corrected chi connectivity index (χ3v) is 3.79. The lowest BCUT2D eigenvalue weighted by molar-refractivity contribution is 0.0773. The van der Waals surface area contributed by atoms with Crippen LogP contribution in [0.15, 0.2) is 48.5 Å². The number of nitrogens with zero attached hydrogens (tertiary/aromatic N) is 1. The van der Waals surface area contributed by atoms with E-state index >= 15 is 0 Å². The fourth-order valence-electron chi connectivity index (χ4n) is 2.34. The number of anilines is 1. The highest BCUT2D eigenvalue weighted by molar-refractivity contribution is 6.04. The Hall–Kier alpha value is -2.82. The second kappa shape index (κ2) is 8.15. The number of hydrogen-bond donors (Lipinski definition) is 1. The Bertz CT molecular complexity index is 690. The molecule has 0 aliphatic heterocycles. The van der Waals surface area contributed by atoms with E-state index in [9.17, 15) is 9.59 Å². The summed E-state index contributed by atoms with van der Waals surface area (Å²) >= 11 is 0. The molecule has 0 heterocycles. The molecule has 126 valence electrons. The van der Waals surface area contributed by atoms with Crippen LogP contribution in [0, 0.1) is 0 Å². The summed E-state index contributed by atoms with van der Waals surface area (Å²) in [7, 11) is 1.58. The summed E-state index contributed by atoms with van der Waals surface area (Å²) in [6.45, 7) is 5.24. The van der Waals surface area contributed by atoms with Crippen molar-refractivity contribution in [3.8, 4) is 5.75 Å². The first-order valence-electron chi connectivity index (χ1n) is 7.93. The molecule has 0 saturated heterocycles. The van der Waals surface area contributed by atoms with E-state index in [2.05, 4.69) is 5.32 Å². The van der Waals surface area contributed by atoms with E-state index in [1.807, 2.05) is 13.8 Å². The molecule has 2 aromatic rings. The van der Waals surface area contributed by atoms with Crippen LogP contribution in [0.1, 0.15) is 34.6 Å². The van der Waals surface area contributed by atoms with E-state index in [0.717, 1.165) is 0 Å². The third kappa shape index (κ3) is 4.13. The molecule has 5 heteroatoms. The van der Waals surface area contributed by atoms with Crippen LogP contribution in [0.25, 0.3) is 0 Å². The van der Waals surface area contributed by atoms with Crippen LogP contribution >= 0.6 is 0 Å². The van der Waals surface area contributed by atoms with Gasteiger partial charge in [0.2, 0.25) is 0 Å². The minimum atomic E-state index is -0.208. The van der Waals surface area contributed by atoms with E-state index in [1.165, 1.54) is 0 Å². The molecule has 0 radical (unpaired) electrons. The summed E-state index contributed by atoms with van der Waals surface area (Å²) in [6.07, 6.45) is 0. The molecule has 0 aliphatic carbocycles. The van der Waals surface area contributed by atoms with Crippen molar-refractivity contribution < 1.29 is 14.3 Å². The number of benzene rings is 2. The van der Waals surface area contributed by atoms with Gasteiger partial charge in [0.15, 0.2) is 0 Å². The van der Waals surface area contributed by atoms with Gasteiger partial charge in [-0.2, -0.15) is 0 Å². The SMILES string of the molecule is CCN(CC)C(=O)c1ccc(NC(=O)c2ccc(OC)cc2)cc1. The number of carbonyl (C=O) groups is 2. The number of hydrogen-bond acceptors (Lipinski definition) is 3. The summed E-state index contributed by atoms with van der Waals surface area (Å²) in [6, 6.07) is 13.8. The zero-order valence-corrected chi connectivity index (χ0v) is 14.2. The van der Waals surface area contributed by atoms with Crippen LogP contribution < -0.4 is 10.1 Å². The van der Waals surface area contributed by atoms with Crippen molar-refractivity contribution in [2.45, 2.75) is 13.8 Å². The normalized spacial score (nSPS) is 10.1. The highest BCUT2D eigenvalue weighted by Crippen LogP contribution is 2.15. The lowest BCUT2D eigenvalue weighted by atomic mass is 10.1. The van der Waals surface area contributed by atoms with Crippen LogP contribution in [0.3, 0.4) is 0 Å². The van der Waals surface area contributed by atoms with Gasteiger partial charge in [-0.3, -0.25) is 9.59 Å². The number of rotatable bonds is 6. The topological polar surface area (TPSA) is 58.6 Å². The molecule has 0 aliphatic rings. The van der Waals surface area contributed by atoms with Crippen molar-refractivity contribution >= 4 is 17.5 Å². The van der Waals surface area contributed by atoms with Crippen LogP contribution in [-0.4, -0.2) is 36.9 Å². The van der Waals surface area contributed by atoms with E-state index in [0.29, 0.717) is 35.7 Å². The van der Waals surface area contributed by atoms with Gasteiger partial charge >= 0.3 is 0 Å². The van der Waals surface area contributed by atoms with Crippen LogP contribution in [-0.2, 0) is 0 Å². The maximum absolute atomic E-state index is 12.2. The molecular weight excluding hydrogens is 304 g/mol. The quantitative estimate of drug-likeness (QED) is 0.885. The maximum Gasteiger partial charge on any atom is 0.255 e. The van der Waals surface area contributed by atoms with Gasteiger partial charge in [-0.1, -0.05) is 0 Å². The van der Waals surface area contributed by atoms with Gasteiger partial charge in [0.05, 0.1) is 7.11 Å². The van der Waals surface area contributed by atoms with Crippen molar-refractivity contribution in [3.05, 3.63) is 59.7 Å². The van der Waals surface area contributed by atoms with E-state index in [-0.39, 0.29) is 11.8 Å². The number of methoxy groups -OCH3 is 1. The van der Waals surface area contributed by atoms with E-state index in [4.69, 9.17) is 4.74 Å². The average Bonchev–Trinajstić information content (AvgIpc) is 2.63. The summed E-state index contributed by atoms with van der Waals surface area (Å²) < 4.78 is 5.07. The van der Waals surface area contributed by atoms with Crippen LogP contribution in [0.4, 0.5) is 5.69 Å². The lowest BCUT2D eigenvalue weighted by Crippen LogP contribution is -2.30. The molecule has 0 aromatic heterocycles. The minimum Gasteiger partial charge on any atom is -0.497 e. The fraction of sp³-hybridized carbons (Fsp3) is 0.263. The number of ether oxygens (including phenoxy) is 1. The van der Waals surface area contributed by atoms with Crippen molar-refractivity contribution in [1.29, 1.82) is 0 Å². The third-order valence-electron chi connectivity index (χ3n) is 3.79. The van der Waals surface area contributed by atoms with Crippen LogP contribution in [0.5, 0.6) is 5.75 Å². The molecule has 2 amide bonds. The first-order chi connectivity index (χ1) is 11.6. The van der Waals surface area contributed by atoms with Crippen molar-refractivity contribution in [3.63, 3.8) is 0 Å². The Morgan fingerprint density at radius 1 is 0.917 bits per heavy atom. The molecule has 24 heavy (non-hydrogen) atoms. The van der Waals surface area contributed by atoms with Gasteiger partial charge in [-0.25, -0.2) is 0 Å². The Balaban J connectivity index is 2.05. The van der Waals surface area contributed by atoms with Gasteiger partial charge in [-0.05, 0) is 62.4 Å². The number of amides is 2. The Labute approximate surface area is 142 Å². The zero-order chi connectivity index (χ0) is 17.5. The van der Waals surface area contributed by atoms with Gasteiger partial charge in [0.25, 0.3) is 11.8 Å². The van der Waals surface area contributed by atoms with Crippen molar-refractivity contribution in [2.24, 2.45) is 0 Å². The largest absolute Gasteiger partial charge is 0.497 e. The highest BCUT2D eigenvalue weighted by atomic mass is 16.5. The molecule has 0 unspecified atom stereocenters. The van der Waals surface area contributed by atoms with E-state index < -0.39 is 0 Å². The van der Waals surface area contributed by atoms with Crippen molar-refractivity contribution in [2.75, 3.05) is 25.5 Å². The minimum absolute atomic E-state index is 0.00645. The maximum atomic E-state index is 12.2. The van der Waals surface area contributed by atoms with Crippen LogP contribution in [0.2, 0.25) is 0 Å². The molecule has 0 spiro atoms. The first kappa shape index (κ1) is 17.5. The second-order valence-corrected chi connectivity index (χ2v) is 5.24. The first-order valence-corrected chi connectivity index (χ1v) is 7.93. The van der Waals surface area contributed by atoms with Crippen molar-refractivity contribution in [1.82, 2.24) is 4.90 Å². The van der Waals surface area contributed by atoms with Gasteiger partial charge < -0.3 is 15.0 Å². The molecule has 0 saturated carbocycles. The fourth-order valence-corrected chi connectivity index (χ4v) is 2.34. The Kier molecular flexibility index (Phi) is 5.95. The average molecular weight is 326 g/mol. The molecule has 2 aromatic carbocycles. The Morgan fingerprint density at radius 3 is 1.96 bits per heavy atom. The summed E-state index contributed by atoms with van der Waals surface area (Å²) in [5, 5.41) is 2.81. The van der Waals surface area contributed by atoms with Gasteiger partial charge in [0, 0.05) is 29.9 Å². The summed E-state index contributed by atoms with van der Waals surface area (Å²) in [5.41, 5.74) is 1.80. The molecule has 1 N–H and O–H groups in total. The summed E-state index contributed by atoms with van der Waals surface area (Å²) in [5.74, 6) is 0.485. The molecule has 2 rings (SSSR count). The molecular formula is C19H22N2O3.